The molecule has 0 saturated carbocycles. The van der Waals surface area contributed by atoms with Crippen LogP contribution >= 0.6 is 0 Å². The van der Waals surface area contributed by atoms with Gasteiger partial charge in [-0.25, -0.2) is 0 Å². The highest BCUT2D eigenvalue weighted by atomic mass is 16.5. The Bertz CT molecular complexity index is 1130. The van der Waals surface area contributed by atoms with Crippen LogP contribution in [0.25, 0.3) is 0 Å². The summed E-state index contributed by atoms with van der Waals surface area (Å²) < 4.78 is 10.6. The number of rotatable bonds is 5. The van der Waals surface area contributed by atoms with Gasteiger partial charge in [-0.05, 0) is 30.3 Å². The average molecular weight is 425 g/mol. The molecule has 2 heterocycles. The number of hydrogen-bond acceptors (Lipinski definition) is 8. The fourth-order valence-corrected chi connectivity index (χ4v) is 3.05. The number of hydrogen-bond donors (Lipinski definition) is 6. The zero-order valence-electron chi connectivity index (χ0n) is 16.3. The van der Waals surface area contributed by atoms with Crippen LogP contribution in [0.15, 0.2) is 42.6 Å². The Morgan fingerprint density at radius 2 is 2.03 bits per heavy atom. The molecule has 11 nitrogen and oxygen atoms in total. The first-order valence-corrected chi connectivity index (χ1v) is 9.19. The van der Waals surface area contributed by atoms with Crippen LogP contribution in [0.5, 0.6) is 17.2 Å². The Balaban J connectivity index is 1.57. The molecule has 3 aromatic rings. The van der Waals surface area contributed by atoms with Gasteiger partial charge in [0, 0.05) is 11.6 Å². The monoisotopic (exact) mass is 425 g/mol. The number of H-pyrrole nitrogens is 1. The van der Waals surface area contributed by atoms with E-state index < -0.39 is 18.0 Å². The topological polar surface area (TPSA) is 158 Å². The van der Waals surface area contributed by atoms with Gasteiger partial charge in [0.15, 0.2) is 17.7 Å². The Morgan fingerprint density at radius 1 is 1.19 bits per heavy atom. The van der Waals surface area contributed by atoms with E-state index in [1.807, 2.05) is 0 Å². The quantitative estimate of drug-likeness (QED) is 0.338. The first kappa shape index (κ1) is 20.0. The normalized spacial score (nSPS) is 14.6. The van der Waals surface area contributed by atoms with E-state index in [1.165, 1.54) is 37.6 Å². The van der Waals surface area contributed by atoms with Crippen LogP contribution in [-0.2, 0) is 0 Å². The van der Waals surface area contributed by atoms with Gasteiger partial charge in [0.05, 0.1) is 30.2 Å². The Morgan fingerprint density at radius 3 is 2.77 bits per heavy atom. The third kappa shape index (κ3) is 4.07. The van der Waals surface area contributed by atoms with Crippen molar-refractivity contribution in [3.63, 3.8) is 0 Å². The molecule has 2 aromatic carbocycles. The fourth-order valence-electron chi connectivity index (χ4n) is 3.05. The number of aromatic nitrogens is 2. The first-order chi connectivity index (χ1) is 15.0. The summed E-state index contributed by atoms with van der Waals surface area (Å²) in [6, 6.07) is 8.97. The van der Waals surface area contributed by atoms with E-state index in [2.05, 4.69) is 26.1 Å². The van der Waals surface area contributed by atoms with Crippen molar-refractivity contribution in [1.82, 2.24) is 10.2 Å². The number of nitrogens with one attached hydrogen (secondary N) is 4. The van der Waals surface area contributed by atoms with Crippen LogP contribution in [0.4, 0.5) is 17.2 Å². The van der Waals surface area contributed by atoms with Crippen molar-refractivity contribution in [3.8, 4) is 17.2 Å². The fraction of sp³-hybridized carbons (Fsp3) is 0.150. The molecular weight excluding hydrogens is 406 g/mol. The Hall–Kier alpha value is -4.25. The largest absolute Gasteiger partial charge is 0.503 e. The summed E-state index contributed by atoms with van der Waals surface area (Å²) in [4.78, 5) is 25.4. The van der Waals surface area contributed by atoms with E-state index in [4.69, 9.17) is 9.47 Å². The van der Waals surface area contributed by atoms with E-state index in [0.717, 1.165) is 0 Å². The molecule has 0 fully saturated rings. The van der Waals surface area contributed by atoms with Crippen molar-refractivity contribution in [3.05, 3.63) is 53.7 Å². The molecule has 0 radical (unpaired) electrons. The van der Waals surface area contributed by atoms with E-state index >= 15 is 0 Å². The predicted molar refractivity (Wildman–Crippen MR) is 111 cm³/mol. The second-order valence-electron chi connectivity index (χ2n) is 6.60. The van der Waals surface area contributed by atoms with E-state index in [9.17, 15) is 19.8 Å². The van der Waals surface area contributed by atoms with Crippen LogP contribution in [0.2, 0.25) is 0 Å². The third-order valence-electron chi connectivity index (χ3n) is 4.54. The lowest BCUT2D eigenvalue weighted by Crippen LogP contribution is -2.30. The summed E-state index contributed by atoms with van der Waals surface area (Å²) in [7, 11) is 1.41. The van der Waals surface area contributed by atoms with Crippen LogP contribution in [0.3, 0.4) is 0 Å². The number of aliphatic hydroxyl groups excluding tert-OH is 1. The molecule has 0 spiro atoms. The first-order valence-electron chi connectivity index (χ1n) is 9.19. The number of aromatic hydroxyl groups is 1. The van der Waals surface area contributed by atoms with Gasteiger partial charge in [0.1, 0.15) is 18.2 Å². The van der Waals surface area contributed by atoms with Crippen LogP contribution < -0.4 is 25.4 Å². The highest BCUT2D eigenvalue weighted by molar-refractivity contribution is 6.10. The number of ether oxygens (including phenoxy) is 2. The summed E-state index contributed by atoms with van der Waals surface area (Å²) >= 11 is 0. The van der Waals surface area contributed by atoms with Gasteiger partial charge in [0.2, 0.25) is 0 Å². The second-order valence-corrected chi connectivity index (χ2v) is 6.60. The number of anilines is 3. The molecular formula is C20H19N5O6. The number of carbonyl (C=O) groups excluding carboxylic acids is 2. The standard InChI is InChI=1S/C20H19N5O6/c1-30-14-5-2-10(8-11(14)20(29)24-15-6-7-21-25-15)19(28)23-12-3-4-13-18(17(12)27)31-9-16(26)22-13/h2-8,16,22,26-27H,9H2,1H3,(H,23,28)(H2,21,24,25,29). The molecule has 1 aromatic heterocycles. The molecule has 0 bridgehead atoms. The third-order valence-corrected chi connectivity index (χ3v) is 4.54. The summed E-state index contributed by atoms with van der Waals surface area (Å²) in [5.74, 6) is -0.543. The van der Waals surface area contributed by atoms with E-state index in [1.54, 1.807) is 12.1 Å². The number of aromatic amines is 1. The molecule has 0 saturated heterocycles. The van der Waals surface area contributed by atoms with Gasteiger partial charge in [-0.1, -0.05) is 0 Å². The van der Waals surface area contributed by atoms with Crippen molar-refractivity contribution in [2.75, 3.05) is 29.7 Å². The highest BCUT2D eigenvalue weighted by Gasteiger charge is 2.23. The number of phenols is 1. The lowest BCUT2D eigenvalue weighted by molar-refractivity contribution is 0.102. The number of carbonyl (C=O) groups is 2. The molecule has 0 aliphatic carbocycles. The van der Waals surface area contributed by atoms with Gasteiger partial charge in [-0.3, -0.25) is 14.7 Å². The molecule has 31 heavy (non-hydrogen) atoms. The number of fused-ring (bicyclic) bond motifs is 1. The maximum atomic E-state index is 12.8. The summed E-state index contributed by atoms with van der Waals surface area (Å²) in [6.07, 6.45) is 0.597. The Kier molecular flexibility index (Phi) is 5.33. The van der Waals surface area contributed by atoms with E-state index in [-0.39, 0.29) is 40.7 Å². The molecule has 1 unspecified atom stereocenters. The molecule has 6 N–H and O–H groups in total. The minimum atomic E-state index is -0.891. The second kappa shape index (κ2) is 8.24. The zero-order chi connectivity index (χ0) is 22.0. The van der Waals surface area contributed by atoms with Crippen molar-refractivity contribution in [1.29, 1.82) is 0 Å². The van der Waals surface area contributed by atoms with Crippen molar-refractivity contribution < 1.29 is 29.3 Å². The number of benzene rings is 2. The zero-order valence-corrected chi connectivity index (χ0v) is 16.3. The Labute approximate surface area is 176 Å². The number of amides is 2. The molecule has 1 aliphatic heterocycles. The van der Waals surface area contributed by atoms with Crippen molar-refractivity contribution in [2.24, 2.45) is 0 Å². The molecule has 4 rings (SSSR count). The number of phenolic OH excluding ortho intramolecular Hbond substituents is 1. The highest BCUT2D eigenvalue weighted by Crippen LogP contribution is 2.42. The summed E-state index contributed by atoms with van der Waals surface area (Å²) in [5.41, 5.74) is 0.820. The minimum absolute atomic E-state index is 0.0504. The van der Waals surface area contributed by atoms with Gasteiger partial charge in [0.25, 0.3) is 11.8 Å². The molecule has 1 atom stereocenters. The minimum Gasteiger partial charge on any atom is -0.503 e. The SMILES string of the molecule is COc1ccc(C(=O)Nc2ccc3c(c2O)OCC(O)N3)cc1C(=O)Nc1ccn[nH]1. The lowest BCUT2D eigenvalue weighted by Gasteiger charge is -2.25. The van der Waals surface area contributed by atoms with Gasteiger partial charge >= 0.3 is 0 Å². The summed E-state index contributed by atoms with van der Waals surface area (Å²) in [6.45, 7) is -0.0504. The predicted octanol–water partition coefficient (Wildman–Crippen LogP) is 1.75. The maximum Gasteiger partial charge on any atom is 0.260 e. The van der Waals surface area contributed by atoms with E-state index in [0.29, 0.717) is 11.5 Å². The van der Waals surface area contributed by atoms with Crippen LogP contribution in [-0.4, -0.2) is 52.2 Å². The molecule has 1 aliphatic rings. The molecule has 11 heteroatoms. The molecule has 2 amide bonds. The lowest BCUT2D eigenvalue weighted by atomic mass is 10.1. The number of aliphatic hydroxyl groups is 1. The number of nitrogens with zero attached hydrogens (tertiary/aromatic N) is 1. The molecule has 160 valence electrons. The summed E-state index contributed by atoms with van der Waals surface area (Å²) in [5, 5.41) is 34.3. The average Bonchev–Trinajstić information content (AvgIpc) is 3.28. The van der Waals surface area contributed by atoms with Crippen molar-refractivity contribution in [2.45, 2.75) is 6.23 Å². The van der Waals surface area contributed by atoms with Crippen molar-refractivity contribution >= 4 is 29.0 Å². The van der Waals surface area contributed by atoms with Crippen LogP contribution in [0.1, 0.15) is 20.7 Å². The van der Waals surface area contributed by atoms with Gasteiger partial charge < -0.3 is 35.6 Å². The number of methoxy groups -OCH3 is 1. The van der Waals surface area contributed by atoms with Crippen LogP contribution in [0, 0.1) is 0 Å². The maximum absolute atomic E-state index is 12.8. The van der Waals surface area contributed by atoms with Gasteiger partial charge in [-0.2, -0.15) is 5.10 Å². The van der Waals surface area contributed by atoms with Gasteiger partial charge in [-0.15, -0.1) is 0 Å². The smallest absolute Gasteiger partial charge is 0.260 e.